The number of rotatable bonds is 5. The van der Waals surface area contributed by atoms with Crippen molar-refractivity contribution < 1.29 is 5.11 Å². The van der Waals surface area contributed by atoms with E-state index < -0.39 is 0 Å². The summed E-state index contributed by atoms with van der Waals surface area (Å²) in [5, 5.41) is 14.2. The average Bonchev–Trinajstić information content (AvgIpc) is 2.59. The summed E-state index contributed by atoms with van der Waals surface area (Å²) in [6.07, 6.45) is 5.61. The quantitative estimate of drug-likeness (QED) is 0.876. The molecule has 1 aromatic carbocycles. The van der Waals surface area contributed by atoms with Crippen LogP contribution in [-0.2, 0) is 6.54 Å². The zero-order chi connectivity index (χ0) is 16.1. The van der Waals surface area contributed by atoms with Crippen molar-refractivity contribution in [2.24, 2.45) is 11.3 Å². The third-order valence-corrected chi connectivity index (χ3v) is 6.10. The van der Waals surface area contributed by atoms with Gasteiger partial charge in [0.2, 0.25) is 0 Å². The highest BCUT2D eigenvalue weighted by Gasteiger charge is 2.45. The van der Waals surface area contributed by atoms with Crippen molar-refractivity contribution in [2.75, 3.05) is 26.2 Å². The highest BCUT2D eigenvalue weighted by molar-refractivity contribution is 5.14. The molecule has 23 heavy (non-hydrogen) atoms. The summed E-state index contributed by atoms with van der Waals surface area (Å²) in [4.78, 5) is 2.59. The fourth-order valence-corrected chi connectivity index (χ4v) is 4.66. The molecule has 0 amide bonds. The smallest absolute Gasteiger partial charge is 0.0585 e. The van der Waals surface area contributed by atoms with Crippen molar-refractivity contribution in [3.63, 3.8) is 0 Å². The lowest BCUT2D eigenvalue weighted by Gasteiger charge is -2.51. The van der Waals surface area contributed by atoms with Gasteiger partial charge in [-0.2, -0.15) is 0 Å². The second-order valence-corrected chi connectivity index (χ2v) is 7.54. The summed E-state index contributed by atoms with van der Waals surface area (Å²) < 4.78 is 0. The first-order chi connectivity index (χ1) is 11.2. The minimum absolute atomic E-state index is 0.131. The van der Waals surface area contributed by atoms with E-state index in [1.807, 2.05) is 0 Å². The molecule has 0 aromatic heterocycles. The summed E-state index contributed by atoms with van der Waals surface area (Å²) in [5.41, 5.74) is 1.78. The summed E-state index contributed by atoms with van der Waals surface area (Å²) in [6, 6.07) is 10.8. The number of piperidine rings is 2. The Bertz CT molecular complexity index is 468. The molecule has 128 valence electrons. The Hall–Kier alpha value is -0.900. The minimum atomic E-state index is -0.131. The van der Waals surface area contributed by atoms with Gasteiger partial charge in [0, 0.05) is 19.0 Å². The molecule has 2 aliphatic heterocycles. The van der Waals surface area contributed by atoms with Crippen LogP contribution in [0.3, 0.4) is 0 Å². The number of benzene rings is 1. The predicted octanol–water partition coefficient (Wildman–Crippen LogP) is 3.04. The van der Waals surface area contributed by atoms with E-state index in [1.165, 1.54) is 37.9 Å². The molecule has 2 fully saturated rings. The van der Waals surface area contributed by atoms with Crippen molar-refractivity contribution in [3.8, 4) is 0 Å². The van der Waals surface area contributed by atoms with Crippen LogP contribution in [0.2, 0.25) is 0 Å². The molecule has 3 rings (SSSR count). The average molecular weight is 316 g/mol. The normalized spacial score (nSPS) is 26.3. The monoisotopic (exact) mass is 316 g/mol. The van der Waals surface area contributed by atoms with Crippen LogP contribution >= 0.6 is 0 Å². The molecule has 2 heterocycles. The fourth-order valence-electron chi connectivity index (χ4n) is 4.66. The second kappa shape index (κ2) is 7.78. The maximum absolute atomic E-state index is 10.6. The van der Waals surface area contributed by atoms with Crippen molar-refractivity contribution in [1.29, 1.82) is 0 Å². The number of hydrogen-bond acceptors (Lipinski definition) is 3. The third-order valence-electron chi connectivity index (χ3n) is 6.10. The molecule has 2 saturated heterocycles. The highest BCUT2D eigenvalue weighted by atomic mass is 16.3. The molecule has 1 aromatic rings. The highest BCUT2D eigenvalue weighted by Crippen LogP contribution is 2.45. The van der Waals surface area contributed by atoms with Crippen molar-refractivity contribution in [2.45, 2.75) is 51.7 Å². The van der Waals surface area contributed by atoms with Gasteiger partial charge < -0.3 is 10.4 Å². The molecule has 0 bridgehead atoms. The van der Waals surface area contributed by atoms with E-state index in [4.69, 9.17) is 0 Å². The van der Waals surface area contributed by atoms with Crippen LogP contribution in [0.25, 0.3) is 0 Å². The number of nitrogens with zero attached hydrogens (tertiary/aromatic N) is 1. The molecule has 0 aliphatic carbocycles. The maximum atomic E-state index is 10.6. The summed E-state index contributed by atoms with van der Waals surface area (Å²) in [6.45, 7) is 7.70. The van der Waals surface area contributed by atoms with Gasteiger partial charge in [0.15, 0.2) is 0 Å². The van der Waals surface area contributed by atoms with E-state index in [1.54, 1.807) is 0 Å². The number of hydrogen-bond donors (Lipinski definition) is 2. The van der Waals surface area contributed by atoms with Crippen molar-refractivity contribution in [1.82, 2.24) is 10.2 Å². The Balaban J connectivity index is 1.61. The SMILES string of the molecule is CCCC(O)C1CNCCC12CCN(Cc1ccccc1)CC2. The maximum Gasteiger partial charge on any atom is 0.0585 e. The van der Waals surface area contributed by atoms with Gasteiger partial charge in [-0.25, -0.2) is 0 Å². The first-order valence-electron chi connectivity index (χ1n) is 9.38. The van der Waals surface area contributed by atoms with Gasteiger partial charge >= 0.3 is 0 Å². The Labute approximate surface area is 141 Å². The van der Waals surface area contributed by atoms with Gasteiger partial charge in [-0.3, -0.25) is 4.90 Å². The fraction of sp³-hybridized carbons (Fsp3) is 0.700. The van der Waals surface area contributed by atoms with Crippen LogP contribution < -0.4 is 5.32 Å². The minimum Gasteiger partial charge on any atom is -0.393 e. The number of nitrogens with one attached hydrogen (secondary N) is 1. The molecule has 2 unspecified atom stereocenters. The van der Waals surface area contributed by atoms with Gasteiger partial charge in [-0.15, -0.1) is 0 Å². The summed E-state index contributed by atoms with van der Waals surface area (Å²) in [7, 11) is 0. The zero-order valence-electron chi connectivity index (χ0n) is 14.5. The Morgan fingerprint density at radius 2 is 1.96 bits per heavy atom. The molecule has 2 N–H and O–H groups in total. The Kier molecular flexibility index (Phi) is 5.73. The van der Waals surface area contributed by atoms with Crippen molar-refractivity contribution in [3.05, 3.63) is 35.9 Å². The van der Waals surface area contributed by atoms with Crippen LogP contribution in [-0.4, -0.2) is 42.3 Å². The molecule has 1 spiro atoms. The third kappa shape index (κ3) is 3.96. The lowest BCUT2D eigenvalue weighted by Crippen LogP contribution is -2.54. The van der Waals surface area contributed by atoms with E-state index in [9.17, 15) is 5.11 Å². The summed E-state index contributed by atoms with van der Waals surface area (Å²) in [5.74, 6) is 0.440. The van der Waals surface area contributed by atoms with E-state index in [0.717, 1.165) is 32.5 Å². The van der Waals surface area contributed by atoms with Crippen LogP contribution in [0.5, 0.6) is 0 Å². The first-order valence-corrected chi connectivity index (χ1v) is 9.38. The molecule has 3 nitrogen and oxygen atoms in total. The molecule has 2 aliphatic rings. The molecule has 0 saturated carbocycles. The van der Waals surface area contributed by atoms with E-state index in [2.05, 4.69) is 47.5 Å². The van der Waals surface area contributed by atoms with Crippen molar-refractivity contribution >= 4 is 0 Å². The second-order valence-electron chi connectivity index (χ2n) is 7.54. The lowest BCUT2D eigenvalue weighted by atomic mass is 9.62. The topological polar surface area (TPSA) is 35.5 Å². The largest absolute Gasteiger partial charge is 0.393 e. The van der Waals surface area contributed by atoms with Crippen LogP contribution in [0.4, 0.5) is 0 Å². The van der Waals surface area contributed by atoms with E-state index >= 15 is 0 Å². The van der Waals surface area contributed by atoms with Gasteiger partial charge in [0.1, 0.15) is 0 Å². The molecular weight excluding hydrogens is 284 g/mol. The van der Waals surface area contributed by atoms with Gasteiger partial charge in [0.05, 0.1) is 6.10 Å². The number of aliphatic hydroxyl groups excluding tert-OH is 1. The standard InChI is InChI=1S/C20H32N2O/c1-2-6-19(23)18-15-21-12-9-20(18)10-13-22(14-11-20)16-17-7-4-3-5-8-17/h3-5,7-8,18-19,21,23H,2,6,9-16H2,1H3. The van der Waals surface area contributed by atoms with Crippen LogP contribution in [0.15, 0.2) is 30.3 Å². The molecule has 3 heteroatoms. The zero-order valence-corrected chi connectivity index (χ0v) is 14.5. The Morgan fingerprint density at radius 3 is 2.65 bits per heavy atom. The van der Waals surface area contributed by atoms with Gasteiger partial charge in [0.25, 0.3) is 0 Å². The van der Waals surface area contributed by atoms with Crippen LogP contribution in [0, 0.1) is 11.3 Å². The first kappa shape index (κ1) is 16.9. The van der Waals surface area contributed by atoms with Gasteiger partial charge in [-0.1, -0.05) is 43.7 Å². The van der Waals surface area contributed by atoms with Crippen LogP contribution in [0.1, 0.15) is 44.6 Å². The Morgan fingerprint density at radius 1 is 1.22 bits per heavy atom. The van der Waals surface area contributed by atoms with E-state index in [0.29, 0.717) is 11.3 Å². The van der Waals surface area contributed by atoms with E-state index in [-0.39, 0.29) is 6.10 Å². The molecular formula is C20H32N2O. The molecule has 2 atom stereocenters. The number of likely N-dealkylation sites (tertiary alicyclic amines) is 1. The summed E-state index contributed by atoms with van der Waals surface area (Å²) >= 11 is 0. The number of aliphatic hydroxyl groups is 1. The predicted molar refractivity (Wildman–Crippen MR) is 95.3 cm³/mol. The molecule has 0 radical (unpaired) electrons. The lowest BCUT2D eigenvalue weighted by molar-refractivity contribution is -0.0475. The van der Waals surface area contributed by atoms with Gasteiger partial charge in [-0.05, 0) is 56.3 Å².